The van der Waals surface area contributed by atoms with Gasteiger partial charge in [0.15, 0.2) is 11.5 Å². The van der Waals surface area contributed by atoms with Gasteiger partial charge in [-0.25, -0.2) is 4.98 Å². The third-order valence-electron chi connectivity index (χ3n) is 3.86. The predicted molar refractivity (Wildman–Crippen MR) is 108 cm³/mol. The Balaban J connectivity index is 1.47. The number of fused-ring (bicyclic) bond motifs is 1. The van der Waals surface area contributed by atoms with E-state index in [9.17, 15) is 4.79 Å². The molecule has 4 rings (SSSR count). The fourth-order valence-corrected chi connectivity index (χ4v) is 3.59. The molecule has 0 radical (unpaired) electrons. The molecule has 0 atom stereocenters. The second-order valence-corrected chi connectivity index (χ2v) is 7.07. The van der Waals surface area contributed by atoms with Crippen molar-refractivity contribution in [1.29, 1.82) is 0 Å². The maximum absolute atomic E-state index is 12.3. The van der Waals surface area contributed by atoms with Gasteiger partial charge in [-0.05, 0) is 35.9 Å². The van der Waals surface area contributed by atoms with E-state index in [0.29, 0.717) is 35.4 Å². The van der Waals surface area contributed by atoms with Crippen LogP contribution >= 0.6 is 22.9 Å². The molecular weight excluding hydrogens is 384 g/mol. The van der Waals surface area contributed by atoms with Crippen molar-refractivity contribution in [2.24, 2.45) is 0 Å². The Morgan fingerprint density at radius 3 is 2.96 bits per heavy atom. The molecule has 0 aliphatic carbocycles. The lowest BCUT2D eigenvalue weighted by molar-refractivity contribution is -0.111. The van der Waals surface area contributed by atoms with Gasteiger partial charge in [-0.3, -0.25) is 4.79 Å². The van der Waals surface area contributed by atoms with Gasteiger partial charge in [-0.2, -0.15) is 0 Å². The van der Waals surface area contributed by atoms with Crippen molar-refractivity contribution in [2.75, 3.05) is 18.5 Å². The zero-order valence-corrected chi connectivity index (χ0v) is 15.7. The SMILES string of the molecule is O=C(/C=C/c1cc(Cl)c2c(c1)OCCO2)Nc1cccc(-c2nccs2)c1. The minimum atomic E-state index is -0.239. The lowest BCUT2D eigenvalue weighted by Crippen LogP contribution is -2.15. The number of thiazole rings is 1. The second-order valence-electron chi connectivity index (χ2n) is 5.77. The van der Waals surface area contributed by atoms with Gasteiger partial charge in [-0.1, -0.05) is 23.7 Å². The van der Waals surface area contributed by atoms with Crippen LogP contribution < -0.4 is 14.8 Å². The summed E-state index contributed by atoms with van der Waals surface area (Å²) in [5.74, 6) is 0.894. The van der Waals surface area contributed by atoms with E-state index in [2.05, 4.69) is 10.3 Å². The van der Waals surface area contributed by atoms with Crippen molar-refractivity contribution in [2.45, 2.75) is 0 Å². The minimum Gasteiger partial charge on any atom is -0.486 e. The number of anilines is 1. The molecule has 0 saturated carbocycles. The zero-order chi connectivity index (χ0) is 18.6. The van der Waals surface area contributed by atoms with Crippen molar-refractivity contribution in [3.8, 4) is 22.1 Å². The number of benzene rings is 2. The number of nitrogens with zero attached hydrogens (tertiary/aromatic N) is 1. The number of ether oxygens (including phenoxy) is 2. The van der Waals surface area contributed by atoms with Gasteiger partial charge in [0.2, 0.25) is 5.91 Å². The number of nitrogens with one attached hydrogen (secondary N) is 1. The van der Waals surface area contributed by atoms with Gasteiger partial charge in [0.05, 0.1) is 5.02 Å². The van der Waals surface area contributed by atoms with Crippen LogP contribution in [0.5, 0.6) is 11.5 Å². The molecule has 2 aromatic carbocycles. The zero-order valence-electron chi connectivity index (χ0n) is 14.1. The number of hydrogen-bond acceptors (Lipinski definition) is 5. The summed E-state index contributed by atoms with van der Waals surface area (Å²) in [6.45, 7) is 0.955. The van der Waals surface area contributed by atoms with Crippen molar-refractivity contribution in [1.82, 2.24) is 4.98 Å². The number of carbonyl (C=O) groups excluding carboxylic acids is 1. The quantitative estimate of drug-likeness (QED) is 0.636. The fraction of sp³-hybridized carbons (Fsp3) is 0.100. The van der Waals surface area contributed by atoms with E-state index in [-0.39, 0.29) is 5.91 Å². The summed E-state index contributed by atoms with van der Waals surface area (Å²) in [4.78, 5) is 16.5. The van der Waals surface area contributed by atoms with E-state index in [1.54, 1.807) is 35.7 Å². The summed E-state index contributed by atoms with van der Waals surface area (Å²) >= 11 is 7.77. The summed E-state index contributed by atoms with van der Waals surface area (Å²) in [5, 5.41) is 6.14. The minimum absolute atomic E-state index is 0.239. The summed E-state index contributed by atoms with van der Waals surface area (Å²) < 4.78 is 11.0. The maximum Gasteiger partial charge on any atom is 0.248 e. The van der Waals surface area contributed by atoms with Gasteiger partial charge in [-0.15, -0.1) is 11.3 Å². The molecular formula is C20H15ClN2O3S. The average molecular weight is 399 g/mol. The van der Waals surface area contributed by atoms with Crippen LogP contribution in [-0.2, 0) is 4.79 Å². The third-order valence-corrected chi connectivity index (χ3v) is 4.96. The molecule has 0 bridgehead atoms. The number of rotatable bonds is 4. The van der Waals surface area contributed by atoms with Gasteiger partial charge in [0, 0.05) is 28.9 Å². The van der Waals surface area contributed by atoms with Gasteiger partial charge >= 0.3 is 0 Å². The van der Waals surface area contributed by atoms with E-state index in [1.807, 2.05) is 29.6 Å². The molecule has 1 amide bonds. The molecule has 3 aromatic rings. The first-order valence-electron chi connectivity index (χ1n) is 8.27. The predicted octanol–water partition coefficient (Wildman–Crippen LogP) is 4.89. The Morgan fingerprint density at radius 1 is 1.22 bits per heavy atom. The van der Waals surface area contributed by atoms with E-state index in [4.69, 9.17) is 21.1 Å². The summed E-state index contributed by atoms with van der Waals surface area (Å²) in [6, 6.07) is 11.1. The van der Waals surface area contributed by atoms with E-state index < -0.39 is 0 Å². The summed E-state index contributed by atoms with van der Waals surface area (Å²) in [6.07, 6.45) is 4.90. The van der Waals surface area contributed by atoms with Gasteiger partial charge in [0.25, 0.3) is 0 Å². The van der Waals surface area contributed by atoms with Gasteiger partial charge < -0.3 is 14.8 Å². The summed E-state index contributed by atoms with van der Waals surface area (Å²) in [7, 11) is 0. The normalized spacial score (nSPS) is 12.9. The Hall–Kier alpha value is -2.83. The highest BCUT2D eigenvalue weighted by molar-refractivity contribution is 7.13. The Bertz CT molecular complexity index is 1000. The van der Waals surface area contributed by atoms with Crippen molar-refractivity contribution in [3.63, 3.8) is 0 Å². The molecule has 27 heavy (non-hydrogen) atoms. The van der Waals surface area contributed by atoms with Crippen LogP contribution in [0.2, 0.25) is 5.02 Å². The van der Waals surface area contributed by atoms with Crippen LogP contribution in [0.3, 0.4) is 0 Å². The molecule has 2 heterocycles. The second kappa shape index (κ2) is 7.82. The topological polar surface area (TPSA) is 60.5 Å². The number of amides is 1. The van der Waals surface area contributed by atoms with Crippen LogP contribution in [-0.4, -0.2) is 24.1 Å². The molecule has 0 spiro atoms. The monoisotopic (exact) mass is 398 g/mol. The third kappa shape index (κ3) is 4.13. The lowest BCUT2D eigenvalue weighted by atomic mass is 10.1. The van der Waals surface area contributed by atoms with Crippen molar-refractivity contribution < 1.29 is 14.3 Å². The molecule has 0 fully saturated rings. The van der Waals surface area contributed by atoms with Crippen LogP contribution in [0, 0.1) is 0 Å². The van der Waals surface area contributed by atoms with Crippen molar-refractivity contribution in [3.05, 3.63) is 64.6 Å². The number of aromatic nitrogens is 1. The molecule has 7 heteroatoms. The Morgan fingerprint density at radius 2 is 2.11 bits per heavy atom. The van der Waals surface area contributed by atoms with Crippen LogP contribution in [0.15, 0.2) is 54.1 Å². The largest absolute Gasteiger partial charge is 0.486 e. The Labute approximate surface area is 165 Å². The fourth-order valence-electron chi connectivity index (χ4n) is 2.68. The highest BCUT2D eigenvalue weighted by atomic mass is 35.5. The summed E-state index contributed by atoms with van der Waals surface area (Å²) in [5.41, 5.74) is 2.43. The van der Waals surface area contributed by atoms with Gasteiger partial charge in [0.1, 0.15) is 18.2 Å². The first-order chi connectivity index (χ1) is 13.2. The van der Waals surface area contributed by atoms with Crippen LogP contribution in [0.4, 0.5) is 5.69 Å². The standard InChI is InChI=1S/C20H15ClN2O3S/c21-16-10-13(11-17-19(16)26-8-7-25-17)4-5-18(24)23-15-3-1-2-14(12-15)20-22-6-9-27-20/h1-6,9-12H,7-8H2,(H,23,24)/b5-4+. The smallest absolute Gasteiger partial charge is 0.248 e. The number of carbonyl (C=O) groups is 1. The highest BCUT2D eigenvalue weighted by Crippen LogP contribution is 2.38. The molecule has 5 nitrogen and oxygen atoms in total. The van der Waals surface area contributed by atoms with E-state index in [0.717, 1.165) is 16.1 Å². The van der Waals surface area contributed by atoms with E-state index in [1.165, 1.54) is 6.08 Å². The highest BCUT2D eigenvalue weighted by Gasteiger charge is 2.16. The molecule has 1 aliphatic rings. The van der Waals surface area contributed by atoms with Crippen LogP contribution in [0.25, 0.3) is 16.6 Å². The molecule has 0 unspecified atom stereocenters. The molecule has 1 aliphatic heterocycles. The maximum atomic E-state index is 12.3. The average Bonchev–Trinajstić information content (AvgIpc) is 3.22. The molecule has 0 saturated heterocycles. The number of hydrogen-bond donors (Lipinski definition) is 1. The molecule has 1 aromatic heterocycles. The van der Waals surface area contributed by atoms with Crippen LogP contribution in [0.1, 0.15) is 5.56 Å². The molecule has 136 valence electrons. The molecule has 1 N–H and O–H groups in total. The first-order valence-corrected chi connectivity index (χ1v) is 9.53. The van der Waals surface area contributed by atoms with Crippen molar-refractivity contribution >= 4 is 40.6 Å². The lowest BCUT2D eigenvalue weighted by Gasteiger charge is -2.19. The van der Waals surface area contributed by atoms with E-state index >= 15 is 0 Å². The number of halogens is 1. The first kappa shape index (κ1) is 17.6. The Kier molecular flexibility index (Phi) is 5.09.